The van der Waals surface area contributed by atoms with Gasteiger partial charge in [-0.25, -0.2) is 9.37 Å². The van der Waals surface area contributed by atoms with E-state index in [1.54, 1.807) is 5.38 Å². The molecule has 0 aliphatic heterocycles. The molecule has 0 aliphatic carbocycles. The number of carbonyl (C=O) groups is 1. The molecule has 1 aromatic heterocycles. The third-order valence-electron chi connectivity index (χ3n) is 2.39. The molecule has 1 amide bonds. The molecule has 0 atom stereocenters. The van der Waals surface area contributed by atoms with E-state index in [0.29, 0.717) is 23.1 Å². The predicted molar refractivity (Wildman–Crippen MR) is 81.9 cm³/mol. The Bertz CT molecular complexity index is 626. The number of thiazole rings is 1. The van der Waals surface area contributed by atoms with Crippen molar-refractivity contribution in [1.82, 2.24) is 4.98 Å². The van der Waals surface area contributed by atoms with Crippen molar-refractivity contribution in [3.63, 3.8) is 0 Å². The maximum absolute atomic E-state index is 13.1. The molecule has 0 saturated heterocycles. The highest BCUT2D eigenvalue weighted by atomic mass is 79.9. The Morgan fingerprint density at radius 3 is 2.95 bits per heavy atom. The van der Waals surface area contributed by atoms with Gasteiger partial charge in [-0.3, -0.25) is 4.79 Å². The topological polar surface area (TPSA) is 68.0 Å². The summed E-state index contributed by atoms with van der Waals surface area (Å²) in [7, 11) is 0. The van der Waals surface area contributed by atoms with Crippen LogP contribution in [0, 0.1) is 5.82 Å². The number of nitrogens with one attached hydrogen (secondary N) is 1. The molecule has 0 unspecified atom stereocenters. The second-order valence-electron chi connectivity index (χ2n) is 3.86. The molecule has 8 heteroatoms. The van der Waals surface area contributed by atoms with Crippen LogP contribution in [0.3, 0.4) is 0 Å². The molecular formula is C12H10BrClFN3OS. The van der Waals surface area contributed by atoms with E-state index in [1.807, 2.05) is 0 Å². The number of aromatic nitrogens is 1. The standard InChI is InChI=1S/C12H10BrClFN3OS/c13-7-3-6(15)4-8(14)11(7)18-12(19)9-5-20-10(17-9)1-2-16/h3-5H,1-2,16H2,(H,18,19). The lowest BCUT2D eigenvalue weighted by molar-refractivity contribution is 0.102. The average Bonchev–Trinajstić information content (AvgIpc) is 2.82. The van der Waals surface area contributed by atoms with Gasteiger partial charge in [-0.05, 0) is 34.6 Å². The first kappa shape index (κ1) is 15.4. The molecule has 0 saturated carbocycles. The van der Waals surface area contributed by atoms with E-state index in [0.717, 1.165) is 11.1 Å². The highest BCUT2D eigenvalue weighted by Crippen LogP contribution is 2.32. The lowest BCUT2D eigenvalue weighted by atomic mass is 10.3. The number of carbonyl (C=O) groups excluding carboxylic acids is 1. The second kappa shape index (κ2) is 6.62. The van der Waals surface area contributed by atoms with Gasteiger partial charge in [0.15, 0.2) is 0 Å². The minimum absolute atomic E-state index is 0.114. The van der Waals surface area contributed by atoms with Crippen molar-refractivity contribution in [2.45, 2.75) is 6.42 Å². The number of benzene rings is 1. The summed E-state index contributed by atoms with van der Waals surface area (Å²) in [5, 5.41) is 5.16. The van der Waals surface area contributed by atoms with Gasteiger partial charge in [-0.15, -0.1) is 11.3 Å². The van der Waals surface area contributed by atoms with Crippen molar-refractivity contribution >= 4 is 50.5 Å². The molecule has 4 nitrogen and oxygen atoms in total. The third-order valence-corrected chi connectivity index (χ3v) is 4.22. The van der Waals surface area contributed by atoms with E-state index in [2.05, 4.69) is 26.2 Å². The Labute approximate surface area is 132 Å². The SMILES string of the molecule is NCCc1nc(C(=O)Nc2c(Cl)cc(F)cc2Br)cs1. The van der Waals surface area contributed by atoms with Crippen LogP contribution in [0.5, 0.6) is 0 Å². The molecular weight excluding hydrogens is 369 g/mol. The van der Waals surface area contributed by atoms with Crippen molar-refractivity contribution in [2.75, 3.05) is 11.9 Å². The normalized spacial score (nSPS) is 10.6. The average molecular weight is 379 g/mol. The Kier molecular flexibility index (Phi) is 5.09. The Morgan fingerprint density at radius 2 is 2.30 bits per heavy atom. The maximum Gasteiger partial charge on any atom is 0.275 e. The number of halogens is 3. The van der Waals surface area contributed by atoms with Crippen molar-refractivity contribution in [1.29, 1.82) is 0 Å². The van der Waals surface area contributed by atoms with Crippen molar-refractivity contribution in [3.05, 3.63) is 43.5 Å². The smallest absolute Gasteiger partial charge is 0.275 e. The van der Waals surface area contributed by atoms with Crippen LogP contribution in [0.15, 0.2) is 22.0 Å². The zero-order valence-electron chi connectivity index (χ0n) is 10.1. The van der Waals surface area contributed by atoms with Gasteiger partial charge in [0.25, 0.3) is 5.91 Å². The lowest BCUT2D eigenvalue weighted by Crippen LogP contribution is -2.13. The fourth-order valence-electron chi connectivity index (χ4n) is 1.49. The summed E-state index contributed by atoms with van der Waals surface area (Å²) in [6.45, 7) is 0.476. The second-order valence-corrected chi connectivity index (χ2v) is 6.07. The number of amides is 1. The number of anilines is 1. The summed E-state index contributed by atoms with van der Waals surface area (Å²) >= 11 is 10.4. The monoisotopic (exact) mass is 377 g/mol. The van der Waals surface area contributed by atoms with Crippen LogP contribution in [0.4, 0.5) is 10.1 Å². The van der Waals surface area contributed by atoms with Crippen LogP contribution in [0.2, 0.25) is 5.02 Å². The largest absolute Gasteiger partial charge is 0.330 e. The Morgan fingerprint density at radius 1 is 1.55 bits per heavy atom. The molecule has 20 heavy (non-hydrogen) atoms. The summed E-state index contributed by atoms with van der Waals surface area (Å²) < 4.78 is 13.5. The molecule has 1 aromatic carbocycles. The van der Waals surface area contributed by atoms with Crippen LogP contribution in [0.25, 0.3) is 0 Å². The van der Waals surface area contributed by atoms with Crippen molar-refractivity contribution < 1.29 is 9.18 Å². The molecule has 2 rings (SSSR count). The number of rotatable bonds is 4. The van der Waals surface area contributed by atoms with Gasteiger partial charge in [-0.1, -0.05) is 11.6 Å². The Hall–Kier alpha value is -1.02. The molecule has 1 heterocycles. The maximum atomic E-state index is 13.1. The molecule has 0 bridgehead atoms. The summed E-state index contributed by atoms with van der Waals surface area (Å²) in [4.78, 5) is 16.2. The summed E-state index contributed by atoms with van der Waals surface area (Å²) in [5.41, 5.74) is 6.02. The first-order chi connectivity index (χ1) is 9.51. The summed E-state index contributed by atoms with van der Waals surface area (Å²) in [5.74, 6) is -0.891. The molecule has 0 fully saturated rings. The van der Waals surface area contributed by atoms with E-state index in [9.17, 15) is 9.18 Å². The van der Waals surface area contributed by atoms with Crippen molar-refractivity contribution in [2.24, 2.45) is 5.73 Å². The van der Waals surface area contributed by atoms with E-state index in [4.69, 9.17) is 17.3 Å². The number of nitrogens with zero attached hydrogens (tertiary/aromatic N) is 1. The first-order valence-electron chi connectivity index (χ1n) is 5.61. The van der Waals surface area contributed by atoms with Crippen LogP contribution >= 0.6 is 38.9 Å². The quantitative estimate of drug-likeness (QED) is 0.856. The number of hydrogen-bond donors (Lipinski definition) is 2. The first-order valence-corrected chi connectivity index (χ1v) is 7.66. The fourth-order valence-corrected chi connectivity index (χ4v) is 3.19. The molecule has 106 valence electrons. The molecule has 0 aliphatic rings. The van der Waals surface area contributed by atoms with Crippen LogP contribution in [0.1, 0.15) is 15.5 Å². The van der Waals surface area contributed by atoms with Gasteiger partial charge in [0.2, 0.25) is 0 Å². The van der Waals surface area contributed by atoms with Gasteiger partial charge < -0.3 is 11.1 Å². The summed E-state index contributed by atoms with van der Waals surface area (Å²) in [6.07, 6.45) is 0.624. The van der Waals surface area contributed by atoms with Gasteiger partial charge in [-0.2, -0.15) is 0 Å². The minimum atomic E-state index is -0.487. The van der Waals surface area contributed by atoms with E-state index in [-0.39, 0.29) is 10.7 Å². The van der Waals surface area contributed by atoms with Gasteiger partial charge in [0, 0.05) is 16.3 Å². The zero-order valence-corrected chi connectivity index (χ0v) is 13.3. The molecule has 2 aromatic rings. The van der Waals surface area contributed by atoms with Crippen LogP contribution in [-0.4, -0.2) is 17.4 Å². The minimum Gasteiger partial charge on any atom is -0.330 e. The van der Waals surface area contributed by atoms with E-state index in [1.165, 1.54) is 17.4 Å². The van der Waals surface area contributed by atoms with Gasteiger partial charge in [0.05, 0.1) is 15.7 Å². The van der Waals surface area contributed by atoms with Gasteiger partial charge in [0.1, 0.15) is 11.5 Å². The Balaban J connectivity index is 2.19. The third kappa shape index (κ3) is 3.54. The summed E-state index contributed by atoms with van der Waals surface area (Å²) in [6, 6.07) is 2.35. The highest BCUT2D eigenvalue weighted by molar-refractivity contribution is 9.10. The van der Waals surface area contributed by atoms with E-state index >= 15 is 0 Å². The zero-order chi connectivity index (χ0) is 14.7. The van der Waals surface area contributed by atoms with Crippen LogP contribution < -0.4 is 11.1 Å². The number of hydrogen-bond acceptors (Lipinski definition) is 4. The van der Waals surface area contributed by atoms with E-state index < -0.39 is 11.7 Å². The number of nitrogens with two attached hydrogens (primary N) is 1. The van der Waals surface area contributed by atoms with Gasteiger partial charge >= 0.3 is 0 Å². The molecule has 3 N–H and O–H groups in total. The lowest BCUT2D eigenvalue weighted by Gasteiger charge is -2.08. The van der Waals surface area contributed by atoms with Crippen LogP contribution in [-0.2, 0) is 6.42 Å². The highest BCUT2D eigenvalue weighted by Gasteiger charge is 2.15. The molecule has 0 radical (unpaired) electrons. The van der Waals surface area contributed by atoms with Crippen molar-refractivity contribution in [3.8, 4) is 0 Å². The fraction of sp³-hybridized carbons (Fsp3) is 0.167. The molecule has 0 spiro atoms. The predicted octanol–water partition coefficient (Wildman–Crippen LogP) is 3.45.